The second-order valence-electron chi connectivity index (χ2n) is 3.62. The number of hydrogen-bond donors (Lipinski definition) is 1. The topological polar surface area (TPSA) is 116 Å². The van der Waals surface area contributed by atoms with E-state index in [0.717, 1.165) is 31.4 Å². The van der Waals surface area contributed by atoms with Gasteiger partial charge in [-0.3, -0.25) is 14.9 Å². The predicted octanol–water partition coefficient (Wildman–Crippen LogP) is 0.435. The molecule has 1 aromatic rings. The van der Waals surface area contributed by atoms with Gasteiger partial charge in [-0.15, -0.1) is 0 Å². The number of nitrogens with one attached hydrogen (secondary N) is 1. The maximum absolute atomic E-state index is 11.9. The quantitative estimate of drug-likeness (QED) is 0.477. The maximum Gasteiger partial charge on any atom is 0.323 e. The number of nitro benzene ring substituents is 1. The molecular weight excluding hydrogens is 276 g/mol. The normalized spacial score (nSPS) is 12.7. The third kappa shape index (κ3) is 3.73. The van der Waals surface area contributed by atoms with E-state index in [1.165, 1.54) is 6.92 Å². The van der Waals surface area contributed by atoms with Crippen molar-refractivity contribution >= 4 is 21.7 Å². The molecule has 0 saturated heterocycles. The fourth-order valence-corrected chi connectivity index (χ4v) is 2.46. The fourth-order valence-electron chi connectivity index (χ4n) is 1.27. The summed E-state index contributed by atoms with van der Waals surface area (Å²) in [5.74, 6) is -0.731. The number of sulfonamides is 1. The van der Waals surface area contributed by atoms with Gasteiger partial charge >= 0.3 is 5.97 Å². The zero-order chi connectivity index (χ0) is 14.6. The Morgan fingerprint density at radius 2 is 1.89 bits per heavy atom. The van der Waals surface area contributed by atoms with Crippen LogP contribution in [0.25, 0.3) is 0 Å². The Balaban J connectivity index is 2.94. The van der Waals surface area contributed by atoms with E-state index in [1.54, 1.807) is 0 Å². The smallest absolute Gasteiger partial charge is 0.323 e. The molecule has 9 heteroatoms. The number of carbonyl (C=O) groups is 1. The average molecular weight is 288 g/mol. The number of methoxy groups -OCH3 is 1. The summed E-state index contributed by atoms with van der Waals surface area (Å²) >= 11 is 0. The highest BCUT2D eigenvalue weighted by Crippen LogP contribution is 2.15. The lowest BCUT2D eigenvalue weighted by atomic mass is 10.3. The Morgan fingerprint density at radius 3 is 2.32 bits per heavy atom. The zero-order valence-electron chi connectivity index (χ0n) is 10.2. The van der Waals surface area contributed by atoms with Gasteiger partial charge in [0.25, 0.3) is 5.69 Å². The van der Waals surface area contributed by atoms with Gasteiger partial charge in [0.1, 0.15) is 6.04 Å². The van der Waals surface area contributed by atoms with Gasteiger partial charge in [-0.25, -0.2) is 8.42 Å². The first-order chi connectivity index (χ1) is 8.77. The summed E-state index contributed by atoms with van der Waals surface area (Å²) < 4.78 is 30.2. The molecule has 0 amide bonds. The molecule has 0 unspecified atom stereocenters. The van der Waals surface area contributed by atoms with Crippen LogP contribution in [0.3, 0.4) is 0 Å². The van der Waals surface area contributed by atoms with Crippen molar-refractivity contribution in [3.05, 3.63) is 34.4 Å². The average Bonchev–Trinajstić information content (AvgIpc) is 2.37. The van der Waals surface area contributed by atoms with Gasteiger partial charge < -0.3 is 4.74 Å². The number of nitrogens with zero attached hydrogens (tertiary/aromatic N) is 1. The van der Waals surface area contributed by atoms with Crippen LogP contribution >= 0.6 is 0 Å². The van der Waals surface area contributed by atoms with Crippen LogP contribution in [0.1, 0.15) is 6.92 Å². The van der Waals surface area contributed by atoms with E-state index in [4.69, 9.17) is 0 Å². The zero-order valence-corrected chi connectivity index (χ0v) is 11.0. The van der Waals surface area contributed by atoms with Crippen molar-refractivity contribution in [3.8, 4) is 0 Å². The molecule has 0 saturated carbocycles. The van der Waals surface area contributed by atoms with E-state index in [9.17, 15) is 23.3 Å². The van der Waals surface area contributed by atoms with Crippen LogP contribution in [0.2, 0.25) is 0 Å². The van der Waals surface area contributed by atoms with Crippen molar-refractivity contribution in [1.82, 2.24) is 4.72 Å². The van der Waals surface area contributed by atoms with Gasteiger partial charge in [0, 0.05) is 12.1 Å². The van der Waals surface area contributed by atoms with Crippen LogP contribution in [0.4, 0.5) is 5.69 Å². The molecule has 1 aromatic carbocycles. The minimum Gasteiger partial charge on any atom is -0.468 e. The van der Waals surface area contributed by atoms with E-state index >= 15 is 0 Å². The lowest BCUT2D eigenvalue weighted by Crippen LogP contribution is -2.39. The molecular formula is C10H12N2O6S. The molecule has 0 radical (unpaired) electrons. The summed E-state index contributed by atoms with van der Waals surface area (Å²) in [6.07, 6.45) is 0. The van der Waals surface area contributed by atoms with Gasteiger partial charge in [0.2, 0.25) is 10.0 Å². The van der Waals surface area contributed by atoms with E-state index < -0.39 is 27.0 Å². The number of rotatable bonds is 5. The second-order valence-corrected chi connectivity index (χ2v) is 5.33. The number of ether oxygens (including phenoxy) is 1. The third-order valence-corrected chi connectivity index (χ3v) is 3.80. The molecule has 0 bridgehead atoms. The number of carbonyl (C=O) groups excluding carboxylic acids is 1. The summed E-state index contributed by atoms with van der Waals surface area (Å²) in [5.41, 5.74) is -0.222. The van der Waals surface area contributed by atoms with E-state index in [-0.39, 0.29) is 10.6 Å². The molecule has 0 fully saturated rings. The minimum absolute atomic E-state index is 0.172. The van der Waals surface area contributed by atoms with Gasteiger partial charge in [-0.05, 0) is 19.1 Å². The van der Waals surface area contributed by atoms with Crippen LogP contribution in [-0.2, 0) is 19.6 Å². The Hall–Kier alpha value is -2.00. The Morgan fingerprint density at radius 1 is 1.37 bits per heavy atom. The highest BCUT2D eigenvalue weighted by Gasteiger charge is 2.22. The van der Waals surface area contributed by atoms with Gasteiger partial charge in [-0.1, -0.05) is 0 Å². The van der Waals surface area contributed by atoms with Crippen molar-refractivity contribution in [3.63, 3.8) is 0 Å². The number of hydrogen-bond acceptors (Lipinski definition) is 6. The van der Waals surface area contributed by atoms with Crippen LogP contribution in [-0.4, -0.2) is 32.5 Å². The van der Waals surface area contributed by atoms with Crippen molar-refractivity contribution in [2.24, 2.45) is 0 Å². The Labute approximate surface area is 109 Å². The molecule has 104 valence electrons. The van der Waals surface area contributed by atoms with Crippen LogP contribution < -0.4 is 4.72 Å². The first-order valence-corrected chi connectivity index (χ1v) is 6.61. The number of benzene rings is 1. The van der Waals surface area contributed by atoms with Crippen molar-refractivity contribution in [2.75, 3.05) is 7.11 Å². The first kappa shape index (κ1) is 15.1. The maximum atomic E-state index is 11.9. The predicted molar refractivity (Wildman–Crippen MR) is 64.9 cm³/mol. The summed E-state index contributed by atoms with van der Waals surface area (Å²) in [4.78, 5) is 20.8. The second kappa shape index (κ2) is 5.76. The largest absolute Gasteiger partial charge is 0.468 e. The molecule has 1 atom stereocenters. The third-order valence-electron chi connectivity index (χ3n) is 2.24. The summed E-state index contributed by atoms with van der Waals surface area (Å²) in [7, 11) is -2.79. The van der Waals surface area contributed by atoms with Gasteiger partial charge in [-0.2, -0.15) is 4.72 Å². The molecule has 0 heterocycles. The lowest BCUT2D eigenvalue weighted by Gasteiger charge is -2.11. The summed E-state index contributed by atoms with van der Waals surface area (Å²) in [6.45, 7) is 1.33. The number of esters is 1. The van der Waals surface area contributed by atoms with Crippen molar-refractivity contribution in [2.45, 2.75) is 17.9 Å². The van der Waals surface area contributed by atoms with Crippen LogP contribution in [0.5, 0.6) is 0 Å². The summed E-state index contributed by atoms with van der Waals surface area (Å²) in [5, 5.41) is 10.4. The lowest BCUT2D eigenvalue weighted by molar-refractivity contribution is -0.384. The minimum atomic E-state index is -3.93. The van der Waals surface area contributed by atoms with Crippen LogP contribution in [0.15, 0.2) is 29.2 Å². The van der Waals surface area contributed by atoms with Crippen molar-refractivity contribution in [1.29, 1.82) is 0 Å². The van der Waals surface area contributed by atoms with Gasteiger partial charge in [0.05, 0.1) is 16.9 Å². The van der Waals surface area contributed by atoms with Crippen molar-refractivity contribution < 1.29 is 22.9 Å². The molecule has 0 aliphatic carbocycles. The Bertz CT molecular complexity index is 581. The number of non-ortho nitro benzene ring substituents is 1. The first-order valence-electron chi connectivity index (χ1n) is 5.12. The molecule has 0 aliphatic heterocycles. The van der Waals surface area contributed by atoms with E-state index in [0.29, 0.717) is 0 Å². The molecule has 19 heavy (non-hydrogen) atoms. The standard InChI is InChI=1S/C10H12N2O6S/c1-7(10(13)18-2)11-19(16,17)9-5-3-8(4-6-9)12(14)15/h3-7,11H,1-2H3/t7-/m0/s1. The van der Waals surface area contributed by atoms with Gasteiger partial charge in [0.15, 0.2) is 0 Å². The number of nitro groups is 1. The van der Waals surface area contributed by atoms with E-state index in [2.05, 4.69) is 9.46 Å². The highest BCUT2D eigenvalue weighted by molar-refractivity contribution is 7.89. The SMILES string of the molecule is COC(=O)[C@H](C)NS(=O)(=O)c1ccc([N+](=O)[O-])cc1. The summed E-state index contributed by atoms with van der Waals surface area (Å²) in [6, 6.07) is 3.26. The van der Waals surface area contributed by atoms with Crippen LogP contribution in [0, 0.1) is 10.1 Å². The fraction of sp³-hybridized carbons (Fsp3) is 0.300. The molecule has 0 spiro atoms. The Kier molecular flexibility index (Phi) is 4.57. The molecule has 1 N–H and O–H groups in total. The molecule has 8 nitrogen and oxygen atoms in total. The highest BCUT2D eigenvalue weighted by atomic mass is 32.2. The monoisotopic (exact) mass is 288 g/mol. The molecule has 1 rings (SSSR count). The molecule has 0 aliphatic rings. The van der Waals surface area contributed by atoms with E-state index in [1.807, 2.05) is 0 Å². The molecule has 0 aromatic heterocycles.